The molecule has 0 heterocycles. The minimum Gasteiger partial charge on any atom is -0.375 e. The molecule has 1 amide bonds. The third kappa shape index (κ3) is 2.57. The predicted molar refractivity (Wildman–Crippen MR) is 57.6 cm³/mol. The smallest absolute Gasteiger partial charge is 0.246 e. The first-order chi connectivity index (χ1) is 7.31. The van der Waals surface area contributed by atoms with E-state index in [1.807, 2.05) is 18.2 Å². The number of rotatable bonds is 4. The quantitative estimate of drug-likeness (QED) is 0.804. The highest BCUT2D eigenvalue weighted by Gasteiger charge is 2.39. The largest absolute Gasteiger partial charge is 0.375 e. The van der Waals surface area contributed by atoms with Crippen LogP contribution in [0.3, 0.4) is 0 Å². The lowest BCUT2D eigenvalue weighted by Gasteiger charge is -2.03. The summed E-state index contributed by atoms with van der Waals surface area (Å²) in [6, 6.07) is 10.6. The van der Waals surface area contributed by atoms with Crippen molar-refractivity contribution in [2.75, 3.05) is 13.7 Å². The maximum absolute atomic E-state index is 11.2. The first-order valence-electron chi connectivity index (χ1n) is 5.14. The number of hydrogen-bond donors (Lipinski definition) is 1. The normalized spacial score (nSPS) is 23.5. The average Bonchev–Trinajstić information content (AvgIpc) is 2.99. The van der Waals surface area contributed by atoms with Crippen LogP contribution in [0.5, 0.6) is 0 Å². The minimum atomic E-state index is -0.0269. The molecule has 3 heteroatoms. The molecule has 1 aromatic rings. The second-order valence-corrected chi connectivity index (χ2v) is 3.86. The number of benzene rings is 1. The van der Waals surface area contributed by atoms with Gasteiger partial charge in [-0.1, -0.05) is 30.3 Å². The number of carbonyl (C=O) groups is 1. The van der Waals surface area contributed by atoms with Crippen LogP contribution in [-0.4, -0.2) is 25.7 Å². The summed E-state index contributed by atoms with van der Waals surface area (Å²) >= 11 is 0. The van der Waals surface area contributed by atoms with Crippen molar-refractivity contribution in [3.8, 4) is 0 Å². The van der Waals surface area contributed by atoms with Crippen molar-refractivity contribution in [1.82, 2.24) is 5.32 Å². The Kier molecular flexibility index (Phi) is 3.02. The maximum atomic E-state index is 11.2. The third-order valence-electron chi connectivity index (χ3n) is 2.64. The van der Waals surface area contributed by atoms with Crippen molar-refractivity contribution in [3.05, 3.63) is 35.9 Å². The van der Waals surface area contributed by atoms with Gasteiger partial charge in [-0.05, 0) is 12.0 Å². The standard InChI is InChI=1S/C12H15NO2/c1-15-8-12(14)13-11-7-10(11)9-5-3-2-4-6-9/h2-6,10-11H,7-8H2,1H3,(H,13,14). The summed E-state index contributed by atoms with van der Waals surface area (Å²) in [6.45, 7) is 0.151. The van der Waals surface area contributed by atoms with E-state index in [4.69, 9.17) is 4.74 Å². The molecular weight excluding hydrogens is 190 g/mol. The van der Waals surface area contributed by atoms with Crippen LogP contribution < -0.4 is 5.32 Å². The zero-order valence-corrected chi connectivity index (χ0v) is 8.77. The van der Waals surface area contributed by atoms with Crippen molar-refractivity contribution in [2.24, 2.45) is 0 Å². The van der Waals surface area contributed by atoms with E-state index in [-0.39, 0.29) is 12.5 Å². The summed E-state index contributed by atoms with van der Waals surface area (Å²) in [5, 5.41) is 2.94. The molecular formula is C12H15NO2. The minimum absolute atomic E-state index is 0.0269. The molecule has 0 spiro atoms. The Morgan fingerprint density at radius 3 is 2.87 bits per heavy atom. The Balaban J connectivity index is 1.84. The summed E-state index contributed by atoms with van der Waals surface area (Å²) in [5.41, 5.74) is 1.31. The molecule has 2 atom stereocenters. The fourth-order valence-electron chi connectivity index (χ4n) is 1.80. The highest BCUT2D eigenvalue weighted by Crippen LogP contribution is 2.40. The SMILES string of the molecule is COCC(=O)NC1CC1c1ccccc1. The monoisotopic (exact) mass is 205 g/mol. The van der Waals surface area contributed by atoms with E-state index in [9.17, 15) is 4.79 Å². The van der Waals surface area contributed by atoms with Crippen LogP contribution in [-0.2, 0) is 9.53 Å². The molecule has 1 N–H and O–H groups in total. The van der Waals surface area contributed by atoms with Crippen LogP contribution in [0.15, 0.2) is 30.3 Å². The number of methoxy groups -OCH3 is 1. The molecule has 0 aromatic heterocycles. The molecule has 3 nitrogen and oxygen atoms in total. The second kappa shape index (κ2) is 4.45. The third-order valence-corrected chi connectivity index (χ3v) is 2.64. The van der Waals surface area contributed by atoms with Crippen molar-refractivity contribution >= 4 is 5.91 Å². The van der Waals surface area contributed by atoms with Crippen molar-refractivity contribution in [2.45, 2.75) is 18.4 Å². The van der Waals surface area contributed by atoms with E-state index in [1.165, 1.54) is 12.7 Å². The van der Waals surface area contributed by atoms with Gasteiger partial charge in [0.25, 0.3) is 0 Å². The molecule has 0 bridgehead atoms. The van der Waals surface area contributed by atoms with Crippen LogP contribution in [0.25, 0.3) is 0 Å². The summed E-state index contributed by atoms with van der Waals surface area (Å²) in [5.74, 6) is 0.466. The van der Waals surface area contributed by atoms with Gasteiger partial charge in [0, 0.05) is 19.1 Å². The molecule has 2 rings (SSSR count). The van der Waals surface area contributed by atoms with Crippen LogP contribution in [0.2, 0.25) is 0 Å². The lowest BCUT2D eigenvalue weighted by Crippen LogP contribution is -2.29. The second-order valence-electron chi connectivity index (χ2n) is 3.86. The van der Waals surface area contributed by atoms with Gasteiger partial charge >= 0.3 is 0 Å². The van der Waals surface area contributed by atoms with Crippen LogP contribution in [0.1, 0.15) is 17.9 Å². The van der Waals surface area contributed by atoms with Gasteiger partial charge in [-0.15, -0.1) is 0 Å². The van der Waals surface area contributed by atoms with Crippen LogP contribution in [0.4, 0.5) is 0 Å². The van der Waals surface area contributed by atoms with Gasteiger partial charge in [0.1, 0.15) is 6.61 Å². The van der Waals surface area contributed by atoms with Crippen LogP contribution in [0, 0.1) is 0 Å². The number of hydrogen-bond acceptors (Lipinski definition) is 2. The van der Waals surface area contributed by atoms with Gasteiger partial charge < -0.3 is 10.1 Å². The topological polar surface area (TPSA) is 38.3 Å². The average molecular weight is 205 g/mol. The molecule has 1 aliphatic rings. The first kappa shape index (κ1) is 10.2. The van der Waals surface area contributed by atoms with E-state index in [2.05, 4.69) is 17.4 Å². The van der Waals surface area contributed by atoms with E-state index in [0.717, 1.165) is 6.42 Å². The summed E-state index contributed by atoms with van der Waals surface area (Å²) < 4.78 is 4.76. The summed E-state index contributed by atoms with van der Waals surface area (Å²) in [4.78, 5) is 11.2. The fourth-order valence-corrected chi connectivity index (χ4v) is 1.80. The lowest BCUT2D eigenvalue weighted by atomic mass is 10.1. The maximum Gasteiger partial charge on any atom is 0.246 e. The van der Waals surface area contributed by atoms with Crippen molar-refractivity contribution in [1.29, 1.82) is 0 Å². The van der Waals surface area contributed by atoms with Crippen molar-refractivity contribution in [3.63, 3.8) is 0 Å². The van der Waals surface area contributed by atoms with E-state index in [1.54, 1.807) is 0 Å². The fraction of sp³-hybridized carbons (Fsp3) is 0.417. The highest BCUT2D eigenvalue weighted by molar-refractivity contribution is 5.78. The predicted octanol–water partition coefficient (Wildman–Crippen LogP) is 1.31. The lowest BCUT2D eigenvalue weighted by molar-refractivity contribution is -0.124. The van der Waals surface area contributed by atoms with Crippen LogP contribution >= 0.6 is 0 Å². The molecule has 1 aliphatic carbocycles. The summed E-state index contributed by atoms with van der Waals surface area (Å²) in [7, 11) is 1.53. The van der Waals surface area contributed by atoms with E-state index < -0.39 is 0 Å². The zero-order valence-electron chi connectivity index (χ0n) is 8.77. The highest BCUT2D eigenvalue weighted by atomic mass is 16.5. The van der Waals surface area contributed by atoms with E-state index >= 15 is 0 Å². The Morgan fingerprint density at radius 1 is 1.47 bits per heavy atom. The Labute approximate surface area is 89.4 Å². The zero-order chi connectivity index (χ0) is 10.7. The molecule has 0 saturated heterocycles. The molecule has 80 valence electrons. The van der Waals surface area contributed by atoms with Gasteiger partial charge in [-0.25, -0.2) is 0 Å². The van der Waals surface area contributed by atoms with Gasteiger partial charge in [-0.3, -0.25) is 4.79 Å². The number of carbonyl (C=O) groups excluding carboxylic acids is 1. The molecule has 1 aromatic carbocycles. The number of ether oxygens (including phenoxy) is 1. The Hall–Kier alpha value is -1.35. The Morgan fingerprint density at radius 2 is 2.20 bits per heavy atom. The summed E-state index contributed by atoms with van der Waals surface area (Å²) in [6.07, 6.45) is 1.04. The van der Waals surface area contributed by atoms with Gasteiger partial charge in [-0.2, -0.15) is 0 Å². The number of nitrogens with one attached hydrogen (secondary N) is 1. The molecule has 1 saturated carbocycles. The molecule has 0 aliphatic heterocycles. The molecule has 0 radical (unpaired) electrons. The Bertz CT molecular complexity index is 337. The van der Waals surface area contributed by atoms with E-state index in [0.29, 0.717) is 12.0 Å². The van der Waals surface area contributed by atoms with Crippen molar-refractivity contribution < 1.29 is 9.53 Å². The number of amides is 1. The molecule has 1 fully saturated rings. The van der Waals surface area contributed by atoms with Gasteiger partial charge in [0.2, 0.25) is 5.91 Å². The first-order valence-corrected chi connectivity index (χ1v) is 5.14. The van der Waals surface area contributed by atoms with Gasteiger partial charge in [0.05, 0.1) is 0 Å². The molecule has 15 heavy (non-hydrogen) atoms. The molecule has 2 unspecified atom stereocenters. The van der Waals surface area contributed by atoms with Gasteiger partial charge in [0.15, 0.2) is 0 Å².